The maximum atomic E-state index is 12.4. The number of carbonyl (C=O) groups is 1. The summed E-state index contributed by atoms with van der Waals surface area (Å²) in [7, 11) is 0. The van der Waals surface area contributed by atoms with Crippen LogP contribution in [0.5, 0.6) is 0 Å². The van der Waals surface area contributed by atoms with Gasteiger partial charge in [-0.05, 0) is 44.9 Å². The van der Waals surface area contributed by atoms with E-state index >= 15 is 0 Å². The molecule has 1 rings (SSSR count). The standard InChI is InChI=1S/C15H29NO2/c1-6-12(3)16-15(13(17)18-7-2)10-8-9-14(4,5)11-15/h12,16H,6-11H2,1-5H3. The lowest BCUT2D eigenvalue weighted by Crippen LogP contribution is -2.59. The van der Waals surface area contributed by atoms with Crippen LogP contribution in [0.1, 0.15) is 66.7 Å². The first kappa shape index (κ1) is 15.5. The fourth-order valence-electron chi connectivity index (χ4n) is 3.06. The van der Waals surface area contributed by atoms with Crippen LogP contribution in [0.3, 0.4) is 0 Å². The van der Waals surface area contributed by atoms with E-state index in [4.69, 9.17) is 4.74 Å². The molecule has 0 aromatic rings. The van der Waals surface area contributed by atoms with Crippen LogP contribution in [-0.2, 0) is 9.53 Å². The molecule has 0 aliphatic heterocycles. The van der Waals surface area contributed by atoms with E-state index < -0.39 is 5.54 Å². The summed E-state index contributed by atoms with van der Waals surface area (Å²) in [5.41, 5.74) is -0.251. The highest BCUT2D eigenvalue weighted by Gasteiger charge is 2.47. The van der Waals surface area contributed by atoms with Crippen LogP contribution in [0.15, 0.2) is 0 Å². The molecule has 0 heterocycles. The average molecular weight is 255 g/mol. The largest absolute Gasteiger partial charge is 0.465 e. The summed E-state index contributed by atoms with van der Waals surface area (Å²) in [4.78, 5) is 12.4. The SMILES string of the molecule is CCOC(=O)C1(NC(C)CC)CCCC(C)(C)C1. The Kier molecular flexibility index (Phi) is 5.20. The lowest BCUT2D eigenvalue weighted by molar-refractivity contribution is -0.155. The van der Waals surface area contributed by atoms with Gasteiger partial charge in [-0.1, -0.05) is 27.2 Å². The molecule has 106 valence electrons. The summed E-state index contributed by atoms with van der Waals surface area (Å²) in [6.07, 6.45) is 5.09. The number of nitrogens with one attached hydrogen (secondary N) is 1. The van der Waals surface area contributed by atoms with Gasteiger partial charge in [0.25, 0.3) is 0 Å². The van der Waals surface area contributed by atoms with Crippen molar-refractivity contribution in [2.75, 3.05) is 6.61 Å². The fraction of sp³-hybridized carbons (Fsp3) is 0.933. The summed E-state index contributed by atoms with van der Waals surface area (Å²) in [6.45, 7) is 11.1. The van der Waals surface area contributed by atoms with Crippen LogP contribution >= 0.6 is 0 Å². The van der Waals surface area contributed by atoms with Crippen molar-refractivity contribution < 1.29 is 9.53 Å². The van der Waals surface area contributed by atoms with E-state index in [1.54, 1.807) is 0 Å². The van der Waals surface area contributed by atoms with Crippen LogP contribution in [0.25, 0.3) is 0 Å². The molecular weight excluding hydrogens is 226 g/mol. The Morgan fingerprint density at radius 1 is 1.33 bits per heavy atom. The van der Waals surface area contributed by atoms with Gasteiger partial charge in [-0.25, -0.2) is 0 Å². The van der Waals surface area contributed by atoms with Gasteiger partial charge in [0.2, 0.25) is 0 Å². The lowest BCUT2D eigenvalue weighted by atomic mass is 9.67. The molecule has 0 aromatic carbocycles. The summed E-state index contributed by atoms with van der Waals surface area (Å²) >= 11 is 0. The smallest absolute Gasteiger partial charge is 0.326 e. The topological polar surface area (TPSA) is 38.3 Å². The highest BCUT2D eigenvalue weighted by atomic mass is 16.5. The fourth-order valence-corrected chi connectivity index (χ4v) is 3.06. The predicted molar refractivity (Wildman–Crippen MR) is 74.5 cm³/mol. The van der Waals surface area contributed by atoms with Crippen molar-refractivity contribution in [3.05, 3.63) is 0 Å². The summed E-state index contributed by atoms with van der Waals surface area (Å²) in [6, 6.07) is 0.350. The van der Waals surface area contributed by atoms with Gasteiger partial charge in [0.05, 0.1) is 6.61 Å². The van der Waals surface area contributed by atoms with Gasteiger partial charge in [-0.2, -0.15) is 0 Å². The van der Waals surface area contributed by atoms with Gasteiger partial charge in [0.15, 0.2) is 0 Å². The molecule has 1 saturated carbocycles. The zero-order valence-corrected chi connectivity index (χ0v) is 12.6. The number of esters is 1. The Morgan fingerprint density at radius 3 is 2.50 bits per heavy atom. The molecule has 0 amide bonds. The van der Waals surface area contributed by atoms with Gasteiger partial charge in [0, 0.05) is 6.04 Å². The van der Waals surface area contributed by atoms with Gasteiger partial charge >= 0.3 is 5.97 Å². The summed E-state index contributed by atoms with van der Waals surface area (Å²) in [5, 5.41) is 3.55. The van der Waals surface area contributed by atoms with E-state index in [0.29, 0.717) is 12.6 Å². The van der Waals surface area contributed by atoms with E-state index in [2.05, 4.69) is 33.0 Å². The quantitative estimate of drug-likeness (QED) is 0.766. The molecule has 18 heavy (non-hydrogen) atoms. The molecule has 1 N–H and O–H groups in total. The number of hydrogen-bond acceptors (Lipinski definition) is 3. The van der Waals surface area contributed by atoms with E-state index in [-0.39, 0.29) is 11.4 Å². The molecule has 0 radical (unpaired) electrons. The molecule has 3 heteroatoms. The molecule has 1 aliphatic rings. The molecule has 3 nitrogen and oxygen atoms in total. The maximum Gasteiger partial charge on any atom is 0.326 e. The van der Waals surface area contributed by atoms with E-state index in [1.807, 2.05) is 6.92 Å². The van der Waals surface area contributed by atoms with Gasteiger partial charge in [-0.15, -0.1) is 0 Å². The van der Waals surface area contributed by atoms with Crippen molar-refractivity contribution in [3.8, 4) is 0 Å². The lowest BCUT2D eigenvalue weighted by Gasteiger charge is -2.44. The van der Waals surface area contributed by atoms with Gasteiger partial charge < -0.3 is 4.74 Å². The van der Waals surface area contributed by atoms with Crippen LogP contribution < -0.4 is 5.32 Å². The highest BCUT2D eigenvalue weighted by molar-refractivity contribution is 5.81. The normalized spacial score (nSPS) is 28.7. The minimum absolute atomic E-state index is 0.0573. The minimum Gasteiger partial charge on any atom is -0.465 e. The van der Waals surface area contributed by atoms with Crippen molar-refractivity contribution in [2.45, 2.75) is 78.3 Å². The van der Waals surface area contributed by atoms with Gasteiger partial charge in [-0.3, -0.25) is 10.1 Å². The number of ether oxygens (including phenoxy) is 1. The Balaban J connectivity index is 2.89. The zero-order valence-electron chi connectivity index (χ0n) is 12.6. The third-order valence-corrected chi connectivity index (χ3v) is 4.04. The van der Waals surface area contributed by atoms with Crippen molar-refractivity contribution in [1.82, 2.24) is 5.32 Å². The number of rotatable bonds is 5. The van der Waals surface area contributed by atoms with Crippen LogP contribution in [0.2, 0.25) is 0 Å². The molecule has 1 aliphatic carbocycles. The second-order valence-corrected chi connectivity index (χ2v) is 6.45. The summed E-state index contributed by atoms with van der Waals surface area (Å²) < 4.78 is 5.32. The number of carbonyl (C=O) groups excluding carboxylic acids is 1. The van der Waals surface area contributed by atoms with E-state index in [9.17, 15) is 4.79 Å². The third-order valence-electron chi connectivity index (χ3n) is 4.04. The molecular formula is C15H29NO2. The zero-order chi connectivity index (χ0) is 13.8. The molecule has 0 aromatic heterocycles. The van der Waals surface area contributed by atoms with E-state index in [1.165, 1.54) is 6.42 Å². The first-order chi connectivity index (χ1) is 8.35. The van der Waals surface area contributed by atoms with Crippen molar-refractivity contribution in [2.24, 2.45) is 5.41 Å². The number of hydrogen-bond donors (Lipinski definition) is 1. The summed E-state index contributed by atoms with van der Waals surface area (Å²) in [5.74, 6) is -0.0573. The molecule has 0 spiro atoms. The third kappa shape index (κ3) is 3.71. The molecule has 2 atom stereocenters. The Morgan fingerprint density at radius 2 is 2.00 bits per heavy atom. The molecule has 0 bridgehead atoms. The Hall–Kier alpha value is -0.570. The Bertz CT molecular complexity index is 288. The van der Waals surface area contributed by atoms with Crippen LogP contribution in [0.4, 0.5) is 0 Å². The Labute approximate surface area is 112 Å². The van der Waals surface area contributed by atoms with Crippen molar-refractivity contribution in [3.63, 3.8) is 0 Å². The second kappa shape index (κ2) is 6.05. The molecule has 1 fully saturated rings. The predicted octanol–water partition coefficient (Wildman–Crippen LogP) is 3.28. The average Bonchev–Trinajstić information content (AvgIpc) is 2.27. The van der Waals surface area contributed by atoms with Crippen LogP contribution in [0, 0.1) is 5.41 Å². The van der Waals surface area contributed by atoms with E-state index in [0.717, 1.165) is 25.7 Å². The second-order valence-electron chi connectivity index (χ2n) is 6.45. The monoisotopic (exact) mass is 255 g/mol. The molecule has 2 unspecified atom stereocenters. The van der Waals surface area contributed by atoms with Crippen LogP contribution in [-0.4, -0.2) is 24.2 Å². The first-order valence-electron chi connectivity index (χ1n) is 7.30. The van der Waals surface area contributed by atoms with Crippen molar-refractivity contribution in [1.29, 1.82) is 0 Å². The highest BCUT2D eigenvalue weighted by Crippen LogP contribution is 2.42. The minimum atomic E-state index is -0.465. The van der Waals surface area contributed by atoms with Gasteiger partial charge in [0.1, 0.15) is 5.54 Å². The first-order valence-corrected chi connectivity index (χ1v) is 7.30. The molecule has 0 saturated heterocycles. The van der Waals surface area contributed by atoms with Crippen molar-refractivity contribution >= 4 is 5.97 Å². The maximum absolute atomic E-state index is 12.4.